The Kier molecular flexibility index (Phi) is 5.94. The predicted octanol–water partition coefficient (Wildman–Crippen LogP) is 2.46. The number of benzene rings is 1. The first-order valence-corrected chi connectivity index (χ1v) is 7.95. The van der Waals surface area contributed by atoms with Crippen molar-refractivity contribution in [3.63, 3.8) is 0 Å². The molecule has 0 spiro atoms. The molecule has 0 saturated carbocycles. The Balaban J connectivity index is 1.81. The first-order chi connectivity index (χ1) is 10.5. The van der Waals surface area contributed by atoms with Gasteiger partial charge in [0.05, 0.1) is 5.71 Å². The number of rotatable bonds is 5. The van der Waals surface area contributed by atoms with E-state index in [0.717, 1.165) is 17.7 Å². The van der Waals surface area contributed by atoms with Crippen LogP contribution in [0.1, 0.15) is 39.2 Å². The zero-order valence-corrected chi connectivity index (χ0v) is 13.9. The smallest absolute Gasteiger partial charge is 0.240 e. The second-order valence-corrected chi connectivity index (χ2v) is 6.24. The van der Waals surface area contributed by atoms with Crippen LogP contribution >= 0.6 is 11.6 Å². The quantitative estimate of drug-likeness (QED) is 0.576. The summed E-state index contributed by atoms with van der Waals surface area (Å²) in [4.78, 5) is 11.9. The van der Waals surface area contributed by atoms with Crippen molar-refractivity contribution in [3.05, 3.63) is 34.9 Å². The van der Waals surface area contributed by atoms with Gasteiger partial charge in [-0.15, -0.1) is 0 Å². The van der Waals surface area contributed by atoms with Crippen LogP contribution in [0.4, 0.5) is 0 Å². The highest BCUT2D eigenvalue weighted by molar-refractivity contribution is 6.30. The molecule has 2 atom stereocenters. The molecule has 2 rings (SSSR count). The Bertz CT molecular complexity index is 534. The summed E-state index contributed by atoms with van der Waals surface area (Å²) in [5.41, 5.74) is 10.7. The van der Waals surface area contributed by atoms with Crippen molar-refractivity contribution < 1.29 is 4.79 Å². The summed E-state index contributed by atoms with van der Waals surface area (Å²) in [6.45, 7) is 6.11. The molecule has 1 aliphatic rings. The van der Waals surface area contributed by atoms with Gasteiger partial charge in [-0.3, -0.25) is 15.6 Å². The molecule has 1 saturated heterocycles. The lowest BCUT2D eigenvalue weighted by molar-refractivity contribution is -0.121. The van der Waals surface area contributed by atoms with Gasteiger partial charge in [0.15, 0.2) is 0 Å². The van der Waals surface area contributed by atoms with Gasteiger partial charge in [0, 0.05) is 23.5 Å². The zero-order chi connectivity index (χ0) is 16.1. The maximum absolute atomic E-state index is 11.9. The SMILES string of the molecule is C/C(=N\NC(=O)CCC1C(C)NNC1C)c1ccc(Cl)cc1. The van der Waals surface area contributed by atoms with Gasteiger partial charge in [-0.2, -0.15) is 5.10 Å². The minimum atomic E-state index is -0.0559. The van der Waals surface area contributed by atoms with Crippen LogP contribution in [0.2, 0.25) is 5.02 Å². The van der Waals surface area contributed by atoms with E-state index in [9.17, 15) is 4.79 Å². The van der Waals surface area contributed by atoms with Crippen molar-refractivity contribution in [2.75, 3.05) is 0 Å². The fraction of sp³-hybridized carbons (Fsp3) is 0.500. The normalized spacial score (nSPS) is 25.3. The van der Waals surface area contributed by atoms with E-state index in [1.165, 1.54) is 0 Å². The van der Waals surface area contributed by atoms with Gasteiger partial charge >= 0.3 is 0 Å². The Morgan fingerprint density at radius 1 is 1.23 bits per heavy atom. The molecule has 1 aliphatic heterocycles. The van der Waals surface area contributed by atoms with Crippen LogP contribution in [-0.2, 0) is 4.79 Å². The Morgan fingerprint density at radius 3 is 2.41 bits per heavy atom. The molecule has 0 aliphatic carbocycles. The molecule has 1 amide bonds. The van der Waals surface area contributed by atoms with E-state index in [-0.39, 0.29) is 5.91 Å². The largest absolute Gasteiger partial charge is 0.273 e. The summed E-state index contributed by atoms with van der Waals surface area (Å²) < 4.78 is 0. The summed E-state index contributed by atoms with van der Waals surface area (Å²) in [6, 6.07) is 8.13. The Hall–Kier alpha value is -1.43. The van der Waals surface area contributed by atoms with Gasteiger partial charge in [-0.25, -0.2) is 5.43 Å². The summed E-state index contributed by atoms with van der Waals surface area (Å²) in [5.74, 6) is 0.395. The fourth-order valence-corrected chi connectivity index (χ4v) is 2.79. The lowest BCUT2D eigenvalue weighted by Crippen LogP contribution is -2.30. The van der Waals surface area contributed by atoms with E-state index in [0.29, 0.717) is 29.4 Å². The van der Waals surface area contributed by atoms with Gasteiger partial charge in [0.25, 0.3) is 0 Å². The Morgan fingerprint density at radius 2 is 1.82 bits per heavy atom. The van der Waals surface area contributed by atoms with E-state index in [1.807, 2.05) is 19.1 Å². The number of hydrogen-bond donors (Lipinski definition) is 3. The minimum Gasteiger partial charge on any atom is -0.273 e. The van der Waals surface area contributed by atoms with Crippen LogP contribution in [0.3, 0.4) is 0 Å². The van der Waals surface area contributed by atoms with Crippen LogP contribution in [0.5, 0.6) is 0 Å². The maximum atomic E-state index is 11.9. The molecule has 1 fully saturated rings. The minimum absolute atomic E-state index is 0.0559. The van der Waals surface area contributed by atoms with E-state index in [1.54, 1.807) is 12.1 Å². The van der Waals surface area contributed by atoms with Crippen molar-refractivity contribution in [3.8, 4) is 0 Å². The monoisotopic (exact) mass is 322 g/mol. The van der Waals surface area contributed by atoms with E-state index in [2.05, 4.69) is 35.2 Å². The highest BCUT2D eigenvalue weighted by atomic mass is 35.5. The average Bonchev–Trinajstić information content (AvgIpc) is 2.82. The molecule has 0 radical (unpaired) electrons. The summed E-state index contributed by atoms with van der Waals surface area (Å²) in [6.07, 6.45) is 1.31. The third kappa shape index (κ3) is 4.53. The lowest BCUT2D eigenvalue weighted by Gasteiger charge is -2.16. The van der Waals surface area contributed by atoms with Gasteiger partial charge < -0.3 is 0 Å². The van der Waals surface area contributed by atoms with Gasteiger partial charge in [0.2, 0.25) is 5.91 Å². The first kappa shape index (κ1) is 16.9. The van der Waals surface area contributed by atoms with Crippen LogP contribution in [0.25, 0.3) is 0 Å². The third-order valence-electron chi connectivity index (χ3n) is 4.14. The number of nitrogens with one attached hydrogen (secondary N) is 3. The zero-order valence-electron chi connectivity index (χ0n) is 13.2. The molecular formula is C16H23ClN4O. The molecule has 0 aromatic heterocycles. The average molecular weight is 323 g/mol. The third-order valence-corrected chi connectivity index (χ3v) is 4.39. The number of nitrogens with zero attached hydrogens (tertiary/aromatic N) is 1. The maximum Gasteiger partial charge on any atom is 0.240 e. The fourth-order valence-electron chi connectivity index (χ4n) is 2.67. The molecule has 1 aromatic carbocycles. The van der Waals surface area contributed by atoms with Crippen molar-refractivity contribution in [2.45, 2.75) is 45.7 Å². The van der Waals surface area contributed by atoms with Crippen LogP contribution in [-0.4, -0.2) is 23.7 Å². The highest BCUT2D eigenvalue weighted by Crippen LogP contribution is 2.19. The molecule has 22 heavy (non-hydrogen) atoms. The number of amides is 1. The molecule has 3 N–H and O–H groups in total. The van der Waals surface area contributed by atoms with Crippen molar-refractivity contribution in [2.24, 2.45) is 11.0 Å². The molecule has 120 valence electrons. The van der Waals surface area contributed by atoms with Crippen molar-refractivity contribution in [1.29, 1.82) is 0 Å². The number of halogens is 1. The number of hydrogen-bond acceptors (Lipinski definition) is 4. The van der Waals surface area contributed by atoms with Gasteiger partial charge in [-0.1, -0.05) is 23.7 Å². The number of hydrazine groups is 1. The molecule has 6 heteroatoms. The van der Waals surface area contributed by atoms with Crippen LogP contribution in [0, 0.1) is 5.92 Å². The number of hydrazone groups is 1. The predicted molar refractivity (Wildman–Crippen MR) is 89.7 cm³/mol. The van der Waals surface area contributed by atoms with Gasteiger partial charge in [0.1, 0.15) is 0 Å². The number of carbonyl (C=O) groups is 1. The molecular weight excluding hydrogens is 300 g/mol. The molecule has 0 bridgehead atoms. The first-order valence-electron chi connectivity index (χ1n) is 7.57. The van der Waals surface area contributed by atoms with Gasteiger partial charge in [-0.05, 0) is 50.8 Å². The summed E-state index contributed by atoms with van der Waals surface area (Å²) in [5, 5.41) is 4.83. The van der Waals surface area contributed by atoms with Crippen LogP contribution in [0.15, 0.2) is 29.4 Å². The van der Waals surface area contributed by atoms with Crippen LogP contribution < -0.4 is 16.3 Å². The lowest BCUT2D eigenvalue weighted by atomic mass is 9.91. The second kappa shape index (κ2) is 7.72. The molecule has 1 aromatic rings. The summed E-state index contributed by atoms with van der Waals surface area (Å²) in [7, 11) is 0. The second-order valence-electron chi connectivity index (χ2n) is 5.81. The standard InChI is InChI=1S/C16H23ClN4O/c1-10(13-4-6-14(17)7-5-13)18-21-16(22)9-8-15-11(2)19-20-12(15)3/h4-7,11-12,15,19-20H,8-9H2,1-3H3,(H,21,22)/b18-10+. The van der Waals surface area contributed by atoms with Crippen molar-refractivity contribution in [1.82, 2.24) is 16.3 Å². The molecule has 2 unspecified atom stereocenters. The topological polar surface area (TPSA) is 65.5 Å². The summed E-state index contributed by atoms with van der Waals surface area (Å²) >= 11 is 5.85. The highest BCUT2D eigenvalue weighted by Gasteiger charge is 2.29. The van der Waals surface area contributed by atoms with E-state index >= 15 is 0 Å². The molecule has 5 nitrogen and oxygen atoms in total. The van der Waals surface area contributed by atoms with E-state index < -0.39 is 0 Å². The van der Waals surface area contributed by atoms with Crippen molar-refractivity contribution >= 4 is 23.2 Å². The number of carbonyl (C=O) groups excluding carboxylic acids is 1. The van der Waals surface area contributed by atoms with E-state index in [4.69, 9.17) is 11.6 Å². The molecule has 1 heterocycles. The Labute approximate surface area is 136 Å².